The van der Waals surface area contributed by atoms with Gasteiger partial charge in [0.2, 0.25) is 17.7 Å². The molecule has 0 fully saturated rings. The summed E-state index contributed by atoms with van der Waals surface area (Å²) in [6.45, 7) is 2.30. The number of carbonyl (C=O) groups is 3. The molecule has 42 heavy (non-hydrogen) atoms. The van der Waals surface area contributed by atoms with Crippen LogP contribution >= 0.6 is 0 Å². The fourth-order valence-electron chi connectivity index (χ4n) is 4.09. The molecule has 0 aliphatic heterocycles. The Kier molecular flexibility index (Phi) is 13.5. The molecule has 2 atom stereocenters. The molecule has 2 rings (SSSR count). The fraction of sp³-hybridized carbons (Fsp3) is 0.393. The van der Waals surface area contributed by atoms with Crippen molar-refractivity contribution >= 4 is 29.6 Å². The second-order valence-corrected chi connectivity index (χ2v) is 9.48. The zero-order valence-electron chi connectivity index (χ0n) is 23.6. The van der Waals surface area contributed by atoms with Gasteiger partial charge in [-0.1, -0.05) is 30.3 Å². The number of phenols is 1. The summed E-state index contributed by atoms with van der Waals surface area (Å²) in [6.07, 6.45) is 0.912. The minimum Gasteiger partial charge on any atom is -0.508 e. The number of nitrogens with zero attached hydrogens (tertiary/aromatic N) is 3. The second kappa shape index (κ2) is 17.0. The molecule has 0 radical (unpaired) electrons. The molecule has 228 valence electrons. The molecule has 0 aromatic heterocycles. The van der Waals surface area contributed by atoms with Gasteiger partial charge in [-0.25, -0.2) is 9.38 Å². The average Bonchev–Trinajstić information content (AvgIpc) is 2.94. The number of rotatable bonds is 16. The predicted molar refractivity (Wildman–Crippen MR) is 159 cm³/mol. The Morgan fingerprint density at radius 1 is 1.00 bits per heavy atom. The number of hydrogen-bond donors (Lipinski definition) is 7. The van der Waals surface area contributed by atoms with Crippen LogP contribution in [0.25, 0.3) is 0 Å². The van der Waals surface area contributed by atoms with Gasteiger partial charge < -0.3 is 43.6 Å². The van der Waals surface area contributed by atoms with Crippen molar-refractivity contribution in [2.24, 2.45) is 32.9 Å². The number of halogens is 1. The maximum Gasteiger partial charge on any atom is 0.245 e. The molecule has 0 aliphatic rings. The smallest absolute Gasteiger partial charge is 0.245 e. The fourth-order valence-corrected chi connectivity index (χ4v) is 4.09. The third kappa shape index (κ3) is 11.7. The summed E-state index contributed by atoms with van der Waals surface area (Å²) in [6, 6.07) is 10.4. The highest BCUT2D eigenvalue weighted by molar-refractivity contribution is 5.93. The molecule has 0 unspecified atom stereocenters. The largest absolute Gasteiger partial charge is 0.508 e. The van der Waals surface area contributed by atoms with Crippen LogP contribution in [0.2, 0.25) is 0 Å². The van der Waals surface area contributed by atoms with Crippen molar-refractivity contribution in [3.05, 3.63) is 65.5 Å². The first-order valence-corrected chi connectivity index (χ1v) is 13.5. The third-order valence-electron chi connectivity index (χ3n) is 6.31. The van der Waals surface area contributed by atoms with Crippen LogP contribution in [-0.4, -0.2) is 77.9 Å². The van der Waals surface area contributed by atoms with Gasteiger partial charge in [0.15, 0.2) is 11.9 Å². The van der Waals surface area contributed by atoms with Crippen molar-refractivity contribution in [2.75, 3.05) is 26.2 Å². The number of nitrogens with two attached hydrogens (primary N) is 4. The van der Waals surface area contributed by atoms with Crippen LogP contribution in [0.1, 0.15) is 30.9 Å². The van der Waals surface area contributed by atoms with Crippen LogP contribution in [0.4, 0.5) is 4.39 Å². The zero-order valence-corrected chi connectivity index (χ0v) is 23.6. The molecule has 0 saturated carbocycles. The topological polar surface area (TPSA) is 228 Å². The number of nitrogens with one attached hydrogen (secondary N) is 2. The van der Waals surface area contributed by atoms with E-state index < -0.39 is 23.9 Å². The Hall–Kier alpha value is -4.88. The molecule has 3 amide bonds. The Morgan fingerprint density at radius 3 is 2.31 bits per heavy atom. The number of guanidine groups is 2. The van der Waals surface area contributed by atoms with Gasteiger partial charge in [-0.15, -0.1) is 0 Å². The maximum absolute atomic E-state index is 14.0. The molecule has 13 nitrogen and oxygen atoms in total. The lowest BCUT2D eigenvalue weighted by atomic mass is 10.0. The molecule has 2 aromatic rings. The minimum atomic E-state index is -1.07. The maximum atomic E-state index is 14.0. The standard InChI is InChI=1S/C28H40FN9O4/c1-2-38(15-13-19-6-3-4-7-21(19)29)24(40)17-35-25(41)22(8-5-14-34-27(30)31)36-26(42)23(37-28(32)33)16-18-9-11-20(39)12-10-18/h3-4,6-7,9-12,22-23,39H,2,5,8,13-17H2,1H3,(H,35,41)(H,36,42)(H4,30,31,34)(H4,32,33,37)/t22-,23+/m1/s1. The summed E-state index contributed by atoms with van der Waals surface area (Å²) < 4.78 is 14.0. The Morgan fingerprint density at radius 2 is 1.69 bits per heavy atom. The van der Waals surface area contributed by atoms with E-state index in [1.165, 1.54) is 23.1 Å². The van der Waals surface area contributed by atoms with E-state index in [1.807, 2.05) is 0 Å². The molecule has 0 spiro atoms. The normalized spacial score (nSPS) is 12.0. The Balaban J connectivity index is 2.08. The van der Waals surface area contributed by atoms with Gasteiger partial charge in [0.05, 0.1) is 6.54 Å². The summed E-state index contributed by atoms with van der Waals surface area (Å²) in [5.41, 5.74) is 23.0. The third-order valence-corrected chi connectivity index (χ3v) is 6.31. The van der Waals surface area contributed by atoms with Gasteiger partial charge in [0.1, 0.15) is 23.7 Å². The molecule has 11 N–H and O–H groups in total. The van der Waals surface area contributed by atoms with Crippen LogP contribution in [0, 0.1) is 5.82 Å². The van der Waals surface area contributed by atoms with Gasteiger partial charge in [0.25, 0.3) is 0 Å². The number of phenolic OH excluding ortho intramolecular Hbond substituents is 1. The number of aliphatic imine (C=N–C) groups is 2. The van der Waals surface area contributed by atoms with Crippen LogP contribution in [0.15, 0.2) is 58.5 Å². The summed E-state index contributed by atoms with van der Waals surface area (Å²) >= 11 is 0. The van der Waals surface area contributed by atoms with E-state index in [0.29, 0.717) is 30.5 Å². The summed E-state index contributed by atoms with van der Waals surface area (Å²) in [5.74, 6) is -2.30. The van der Waals surface area contributed by atoms with Crippen LogP contribution in [-0.2, 0) is 27.2 Å². The average molecular weight is 586 g/mol. The lowest BCUT2D eigenvalue weighted by Crippen LogP contribution is -2.52. The molecule has 0 heterocycles. The van der Waals surface area contributed by atoms with Crippen molar-refractivity contribution in [3.8, 4) is 5.75 Å². The van der Waals surface area contributed by atoms with Crippen LogP contribution < -0.4 is 33.6 Å². The molecule has 0 aliphatic carbocycles. The van der Waals surface area contributed by atoms with Crippen LogP contribution in [0.5, 0.6) is 5.75 Å². The summed E-state index contributed by atoms with van der Waals surface area (Å²) in [7, 11) is 0. The number of aromatic hydroxyl groups is 1. The van der Waals surface area contributed by atoms with Gasteiger partial charge in [-0.3, -0.25) is 19.4 Å². The van der Waals surface area contributed by atoms with Gasteiger partial charge in [-0.05, 0) is 55.5 Å². The second-order valence-electron chi connectivity index (χ2n) is 9.48. The van der Waals surface area contributed by atoms with Crippen molar-refractivity contribution in [2.45, 2.75) is 44.7 Å². The molecular formula is C28H40FN9O4. The number of amides is 3. The highest BCUT2D eigenvalue weighted by atomic mass is 19.1. The molecule has 2 aromatic carbocycles. The quantitative estimate of drug-likeness (QED) is 0.0767. The van der Waals surface area contributed by atoms with E-state index >= 15 is 0 Å². The highest BCUT2D eigenvalue weighted by Gasteiger charge is 2.26. The highest BCUT2D eigenvalue weighted by Crippen LogP contribution is 2.13. The minimum absolute atomic E-state index is 0.0579. The SMILES string of the molecule is CCN(CCc1ccccc1F)C(=O)CNC(=O)[C@@H](CCCN=C(N)N)NC(=O)[C@H](Cc1ccc(O)cc1)N=C(N)N. The van der Waals surface area contributed by atoms with Crippen molar-refractivity contribution in [3.63, 3.8) is 0 Å². The number of carbonyl (C=O) groups excluding carboxylic acids is 3. The van der Waals surface area contributed by atoms with Gasteiger partial charge in [-0.2, -0.15) is 0 Å². The number of hydrogen-bond acceptors (Lipinski definition) is 6. The summed E-state index contributed by atoms with van der Waals surface area (Å²) in [4.78, 5) is 48.6. The Labute approximate surface area is 244 Å². The molecule has 0 saturated heterocycles. The Bertz CT molecular complexity index is 1250. The van der Waals surface area contributed by atoms with Crippen molar-refractivity contribution in [1.82, 2.24) is 15.5 Å². The van der Waals surface area contributed by atoms with E-state index in [2.05, 4.69) is 20.6 Å². The van der Waals surface area contributed by atoms with E-state index in [-0.39, 0.29) is 61.9 Å². The van der Waals surface area contributed by atoms with E-state index in [1.54, 1.807) is 37.3 Å². The van der Waals surface area contributed by atoms with E-state index in [9.17, 15) is 23.9 Å². The first-order chi connectivity index (χ1) is 20.0. The van der Waals surface area contributed by atoms with Crippen LogP contribution in [0.3, 0.4) is 0 Å². The van der Waals surface area contributed by atoms with E-state index in [0.717, 1.165) is 0 Å². The first-order valence-electron chi connectivity index (χ1n) is 13.5. The van der Waals surface area contributed by atoms with Gasteiger partial charge in [0, 0.05) is 26.1 Å². The first kappa shape index (κ1) is 33.3. The van der Waals surface area contributed by atoms with Crippen molar-refractivity contribution in [1.29, 1.82) is 0 Å². The van der Waals surface area contributed by atoms with Gasteiger partial charge >= 0.3 is 0 Å². The molecular weight excluding hydrogens is 545 g/mol. The molecule has 0 bridgehead atoms. The van der Waals surface area contributed by atoms with Crippen molar-refractivity contribution < 1.29 is 23.9 Å². The van der Waals surface area contributed by atoms with E-state index in [4.69, 9.17) is 22.9 Å². The zero-order chi connectivity index (χ0) is 31.1. The lowest BCUT2D eigenvalue weighted by Gasteiger charge is -2.23. The monoisotopic (exact) mass is 585 g/mol. The predicted octanol–water partition coefficient (Wildman–Crippen LogP) is -0.538. The summed E-state index contributed by atoms with van der Waals surface area (Å²) in [5, 5.41) is 14.8. The number of likely N-dealkylation sites (N-methyl/N-ethyl adjacent to an activating group) is 1. The number of benzene rings is 2. The molecule has 14 heteroatoms. The lowest BCUT2D eigenvalue weighted by molar-refractivity contribution is -0.134.